The van der Waals surface area contributed by atoms with Crippen molar-refractivity contribution in [3.8, 4) is 0 Å². The number of nitrogens with zero attached hydrogens (tertiary/aromatic N) is 1. The number of nitro benzene ring substituents is 1. The summed E-state index contributed by atoms with van der Waals surface area (Å²) in [7, 11) is 1.25. The van der Waals surface area contributed by atoms with Gasteiger partial charge >= 0.3 is 5.97 Å². The first-order valence-corrected chi connectivity index (χ1v) is 7.30. The van der Waals surface area contributed by atoms with Gasteiger partial charge in [-0.2, -0.15) is 0 Å². The molecular weight excluding hydrogens is 288 g/mol. The molecule has 7 nitrogen and oxygen atoms in total. The number of rotatable bonds is 9. The number of carbonyl (C=O) groups excluding carboxylic acids is 1. The van der Waals surface area contributed by atoms with Crippen molar-refractivity contribution >= 4 is 17.3 Å². The molecule has 1 N–H and O–H groups in total. The smallest absolute Gasteiger partial charge is 0.340 e. The van der Waals surface area contributed by atoms with E-state index in [0.717, 1.165) is 18.9 Å². The lowest BCUT2D eigenvalue weighted by atomic mass is 10.1. The lowest BCUT2D eigenvalue weighted by Crippen LogP contribution is -2.11. The molecule has 1 aliphatic rings. The summed E-state index contributed by atoms with van der Waals surface area (Å²) >= 11 is 0. The van der Waals surface area contributed by atoms with Gasteiger partial charge in [0.05, 0.1) is 17.6 Å². The number of benzene rings is 1. The van der Waals surface area contributed by atoms with Crippen molar-refractivity contribution < 1.29 is 19.2 Å². The van der Waals surface area contributed by atoms with Gasteiger partial charge in [0, 0.05) is 37.6 Å². The third-order valence-corrected chi connectivity index (χ3v) is 3.45. The fourth-order valence-electron chi connectivity index (χ4n) is 2.01. The van der Waals surface area contributed by atoms with Gasteiger partial charge in [0.25, 0.3) is 5.69 Å². The molecule has 22 heavy (non-hydrogen) atoms. The average Bonchev–Trinajstić information content (AvgIpc) is 3.34. The van der Waals surface area contributed by atoms with Gasteiger partial charge in [-0.25, -0.2) is 4.79 Å². The molecule has 0 unspecified atom stereocenters. The summed E-state index contributed by atoms with van der Waals surface area (Å²) < 4.78 is 10.2. The van der Waals surface area contributed by atoms with E-state index in [9.17, 15) is 14.9 Å². The van der Waals surface area contributed by atoms with Gasteiger partial charge in [-0.1, -0.05) is 0 Å². The summed E-state index contributed by atoms with van der Waals surface area (Å²) in [6.07, 6.45) is 3.33. The van der Waals surface area contributed by atoms with Crippen LogP contribution in [0.25, 0.3) is 0 Å². The second-order valence-electron chi connectivity index (χ2n) is 5.28. The van der Waals surface area contributed by atoms with Crippen molar-refractivity contribution in [1.29, 1.82) is 0 Å². The number of ether oxygens (including phenoxy) is 2. The Hall–Kier alpha value is -2.15. The van der Waals surface area contributed by atoms with Crippen molar-refractivity contribution in [2.45, 2.75) is 19.3 Å². The molecule has 0 bridgehead atoms. The minimum absolute atomic E-state index is 0.140. The van der Waals surface area contributed by atoms with E-state index in [1.807, 2.05) is 0 Å². The molecule has 1 aromatic rings. The number of hydrogen-bond acceptors (Lipinski definition) is 6. The predicted molar refractivity (Wildman–Crippen MR) is 81.1 cm³/mol. The highest BCUT2D eigenvalue weighted by molar-refractivity contribution is 5.96. The van der Waals surface area contributed by atoms with Crippen LogP contribution in [0.15, 0.2) is 18.2 Å². The first-order chi connectivity index (χ1) is 10.6. The number of hydrogen-bond donors (Lipinski definition) is 1. The van der Waals surface area contributed by atoms with Crippen LogP contribution < -0.4 is 5.32 Å². The summed E-state index contributed by atoms with van der Waals surface area (Å²) in [5, 5.41) is 13.9. The third-order valence-electron chi connectivity index (χ3n) is 3.45. The molecule has 2 rings (SSSR count). The molecule has 0 radical (unpaired) electrons. The summed E-state index contributed by atoms with van der Waals surface area (Å²) in [5.74, 6) is 0.143. The molecule has 7 heteroatoms. The summed E-state index contributed by atoms with van der Waals surface area (Å²) in [4.78, 5) is 22.0. The molecule has 120 valence electrons. The fraction of sp³-hybridized carbons (Fsp3) is 0.533. The minimum atomic E-state index is -0.601. The fourth-order valence-corrected chi connectivity index (χ4v) is 2.01. The molecule has 1 fully saturated rings. The quantitative estimate of drug-likeness (QED) is 0.326. The van der Waals surface area contributed by atoms with Crippen molar-refractivity contribution in [1.82, 2.24) is 0 Å². The van der Waals surface area contributed by atoms with Crippen LogP contribution >= 0.6 is 0 Å². The Labute approximate surface area is 128 Å². The van der Waals surface area contributed by atoms with Crippen LogP contribution in [-0.4, -0.2) is 37.8 Å². The highest BCUT2D eigenvalue weighted by atomic mass is 16.6. The first-order valence-electron chi connectivity index (χ1n) is 7.30. The van der Waals surface area contributed by atoms with E-state index in [1.54, 1.807) is 0 Å². The molecule has 0 aliphatic heterocycles. The van der Waals surface area contributed by atoms with E-state index in [0.29, 0.717) is 18.8 Å². The molecule has 0 heterocycles. The molecular formula is C15H20N2O5. The van der Waals surface area contributed by atoms with Crippen LogP contribution in [0.1, 0.15) is 29.6 Å². The van der Waals surface area contributed by atoms with Gasteiger partial charge < -0.3 is 14.8 Å². The SMILES string of the molecule is COC(=O)c1cc([N+](=O)[O-])ccc1NCCCOCC1CC1. The van der Waals surface area contributed by atoms with Crippen LogP contribution in [0.3, 0.4) is 0 Å². The molecule has 0 amide bonds. The zero-order valence-electron chi connectivity index (χ0n) is 12.5. The van der Waals surface area contributed by atoms with E-state index >= 15 is 0 Å². The topological polar surface area (TPSA) is 90.7 Å². The summed E-state index contributed by atoms with van der Waals surface area (Å²) in [5.41, 5.74) is 0.550. The van der Waals surface area contributed by atoms with E-state index in [2.05, 4.69) is 10.1 Å². The van der Waals surface area contributed by atoms with Gasteiger partial charge in [-0.05, 0) is 31.2 Å². The Morgan fingerprint density at radius 3 is 2.86 bits per heavy atom. The van der Waals surface area contributed by atoms with Crippen LogP contribution in [0.5, 0.6) is 0 Å². The molecule has 0 spiro atoms. The zero-order chi connectivity index (χ0) is 15.9. The van der Waals surface area contributed by atoms with Gasteiger partial charge in [-0.3, -0.25) is 10.1 Å². The van der Waals surface area contributed by atoms with Gasteiger partial charge in [0.2, 0.25) is 0 Å². The Morgan fingerprint density at radius 1 is 1.45 bits per heavy atom. The van der Waals surface area contributed by atoms with Crippen LogP contribution in [0.4, 0.5) is 11.4 Å². The molecule has 0 aromatic heterocycles. The summed E-state index contributed by atoms with van der Waals surface area (Å²) in [6.45, 7) is 2.10. The standard InChI is InChI=1S/C15H20N2O5/c1-21-15(18)13-9-12(17(19)20)5-6-14(13)16-7-2-8-22-10-11-3-4-11/h5-6,9,11,16H,2-4,7-8,10H2,1H3. The van der Waals surface area contributed by atoms with Gasteiger partial charge in [0.15, 0.2) is 0 Å². The van der Waals surface area contributed by atoms with Crippen molar-refractivity contribution in [3.63, 3.8) is 0 Å². The maximum atomic E-state index is 11.7. The normalized spacial score (nSPS) is 13.7. The maximum Gasteiger partial charge on any atom is 0.340 e. The number of esters is 1. The Bertz CT molecular complexity index is 543. The molecule has 0 saturated heterocycles. The number of carbonyl (C=O) groups is 1. The monoisotopic (exact) mass is 308 g/mol. The zero-order valence-corrected chi connectivity index (χ0v) is 12.5. The second-order valence-corrected chi connectivity index (χ2v) is 5.28. The predicted octanol–water partition coefficient (Wildman–Crippen LogP) is 2.61. The number of nitrogens with one attached hydrogen (secondary N) is 1. The number of non-ortho nitro benzene ring substituents is 1. The summed E-state index contributed by atoms with van der Waals surface area (Å²) in [6, 6.07) is 4.10. The van der Waals surface area contributed by atoms with E-state index in [-0.39, 0.29) is 11.3 Å². The van der Waals surface area contributed by atoms with Crippen LogP contribution in [0, 0.1) is 16.0 Å². The largest absolute Gasteiger partial charge is 0.465 e. The van der Waals surface area contributed by atoms with Gasteiger partial charge in [-0.15, -0.1) is 0 Å². The third kappa shape index (κ3) is 4.70. The molecule has 0 atom stereocenters. The van der Waals surface area contributed by atoms with Crippen LogP contribution in [0.2, 0.25) is 0 Å². The van der Waals surface area contributed by atoms with E-state index in [4.69, 9.17) is 4.74 Å². The van der Waals surface area contributed by atoms with Crippen molar-refractivity contribution in [2.75, 3.05) is 32.2 Å². The first kappa shape index (κ1) is 16.2. The van der Waals surface area contributed by atoms with Crippen LogP contribution in [-0.2, 0) is 9.47 Å². The number of nitro groups is 1. The van der Waals surface area contributed by atoms with Crippen molar-refractivity contribution in [2.24, 2.45) is 5.92 Å². The molecule has 1 aliphatic carbocycles. The lowest BCUT2D eigenvalue weighted by molar-refractivity contribution is -0.384. The van der Waals surface area contributed by atoms with E-state index < -0.39 is 10.9 Å². The lowest BCUT2D eigenvalue weighted by Gasteiger charge is -2.11. The van der Waals surface area contributed by atoms with Crippen molar-refractivity contribution in [3.05, 3.63) is 33.9 Å². The van der Waals surface area contributed by atoms with Gasteiger partial charge in [0.1, 0.15) is 0 Å². The molecule has 1 aromatic carbocycles. The number of methoxy groups -OCH3 is 1. The second kappa shape index (κ2) is 7.74. The van der Waals surface area contributed by atoms with E-state index in [1.165, 1.54) is 38.2 Å². The Balaban J connectivity index is 1.87. The Kier molecular flexibility index (Phi) is 5.71. The maximum absolute atomic E-state index is 11.7. The number of anilines is 1. The molecule has 1 saturated carbocycles. The minimum Gasteiger partial charge on any atom is -0.465 e. The average molecular weight is 308 g/mol. The Morgan fingerprint density at radius 2 is 2.23 bits per heavy atom. The highest BCUT2D eigenvalue weighted by Gasteiger charge is 2.21. The highest BCUT2D eigenvalue weighted by Crippen LogP contribution is 2.28.